The average molecular weight is 477 g/mol. The van der Waals surface area contributed by atoms with Crippen LogP contribution in [0, 0.1) is 0 Å². The van der Waals surface area contributed by atoms with E-state index < -0.39 is 11.6 Å². The predicted octanol–water partition coefficient (Wildman–Crippen LogP) is 5.78. The van der Waals surface area contributed by atoms with E-state index in [0.717, 1.165) is 22.5 Å². The summed E-state index contributed by atoms with van der Waals surface area (Å²) in [6.07, 6.45) is 0. The zero-order valence-corrected chi connectivity index (χ0v) is 20.9. The quantitative estimate of drug-likeness (QED) is 0.238. The summed E-state index contributed by atoms with van der Waals surface area (Å²) >= 11 is 0. The number of carbonyl (C=O) groups is 3. The fourth-order valence-electron chi connectivity index (χ4n) is 4.06. The molecule has 4 aromatic carbocycles. The lowest BCUT2D eigenvalue weighted by Crippen LogP contribution is -2.14. The molecule has 5 heteroatoms. The van der Waals surface area contributed by atoms with Gasteiger partial charge in [-0.1, -0.05) is 48.5 Å². The van der Waals surface area contributed by atoms with Crippen molar-refractivity contribution in [1.82, 2.24) is 0 Å². The second-order valence-corrected chi connectivity index (χ2v) is 9.00. The summed E-state index contributed by atoms with van der Waals surface area (Å²) in [5.41, 5.74) is 5.28. The first-order valence-corrected chi connectivity index (χ1v) is 11.6. The van der Waals surface area contributed by atoms with E-state index in [2.05, 4.69) is 0 Å². The minimum atomic E-state index is -0.567. The van der Waals surface area contributed by atoms with Gasteiger partial charge in [0.25, 0.3) is 0 Å². The van der Waals surface area contributed by atoms with E-state index in [9.17, 15) is 14.4 Å². The SMILES string of the molecule is CN(C)c1ccc(C(=O)c2ccc(N(C)C)c(-c3cccc(C(=O)C(=O)c4ccccc4)c3)c2)cc1. The van der Waals surface area contributed by atoms with Gasteiger partial charge in [-0.05, 0) is 54.1 Å². The lowest BCUT2D eigenvalue weighted by atomic mass is 9.93. The number of carbonyl (C=O) groups excluding carboxylic acids is 3. The molecular formula is C31H28N2O3. The van der Waals surface area contributed by atoms with E-state index in [-0.39, 0.29) is 5.78 Å². The van der Waals surface area contributed by atoms with Crippen LogP contribution in [0.1, 0.15) is 36.6 Å². The van der Waals surface area contributed by atoms with Gasteiger partial charge in [-0.2, -0.15) is 0 Å². The summed E-state index contributed by atoms with van der Waals surface area (Å²) < 4.78 is 0. The van der Waals surface area contributed by atoms with Gasteiger partial charge in [-0.25, -0.2) is 0 Å². The lowest BCUT2D eigenvalue weighted by Gasteiger charge is -2.19. The van der Waals surface area contributed by atoms with Crippen molar-refractivity contribution in [2.45, 2.75) is 0 Å². The summed E-state index contributed by atoms with van der Waals surface area (Å²) in [7, 11) is 7.76. The summed E-state index contributed by atoms with van der Waals surface area (Å²) in [5.74, 6) is -1.20. The Kier molecular flexibility index (Phi) is 7.11. The largest absolute Gasteiger partial charge is 0.378 e. The molecule has 0 aliphatic rings. The molecule has 36 heavy (non-hydrogen) atoms. The summed E-state index contributed by atoms with van der Waals surface area (Å²) in [4.78, 5) is 42.9. The average Bonchev–Trinajstić information content (AvgIpc) is 2.92. The topological polar surface area (TPSA) is 57.7 Å². The third-order valence-electron chi connectivity index (χ3n) is 6.06. The molecule has 0 heterocycles. The summed E-state index contributed by atoms with van der Waals surface area (Å²) in [6, 6.07) is 28.6. The van der Waals surface area contributed by atoms with Gasteiger partial charge in [0.05, 0.1) is 0 Å². The molecule has 0 bridgehead atoms. The number of benzene rings is 4. The molecule has 0 saturated heterocycles. The van der Waals surface area contributed by atoms with Crippen LogP contribution in [0.2, 0.25) is 0 Å². The van der Waals surface area contributed by atoms with Crippen LogP contribution in [0.3, 0.4) is 0 Å². The highest BCUT2D eigenvalue weighted by Gasteiger charge is 2.20. The maximum Gasteiger partial charge on any atom is 0.233 e. The maximum absolute atomic E-state index is 13.3. The van der Waals surface area contributed by atoms with E-state index in [1.807, 2.05) is 86.5 Å². The molecule has 4 rings (SSSR count). The van der Waals surface area contributed by atoms with Gasteiger partial charge in [0.2, 0.25) is 11.6 Å². The van der Waals surface area contributed by atoms with Crippen LogP contribution in [0.4, 0.5) is 11.4 Å². The number of anilines is 2. The van der Waals surface area contributed by atoms with Crippen molar-refractivity contribution < 1.29 is 14.4 Å². The van der Waals surface area contributed by atoms with E-state index in [1.165, 1.54) is 0 Å². The number of rotatable bonds is 8. The van der Waals surface area contributed by atoms with Crippen LogP contribution in [-0.4, -0.2) is 45.5 Å². The Labute approximate surface area is 211 Å². The standard InChI is InChI=1S/C31H28N2O3/c1-32(2)26-16-13-22(14-17-26)29(34)25-15-18-28(33(3)4)27(20-25)23-11-8-12-24(19-23)31(36)30(35)21-9-6-5-7-10-21/h5-20H,1-4H3. The molecule has 0 N–H and O–H groups in total. The van der Waals surface area contributed by atoms with Crippen LogP contribution in [0.5, 0.6) is 0 Å². The number of Topliss-reactive ketones (excluding diaryl/α,β-unsaturated/α-hetero) is 2. The maximum atomic E-state index is 13.3. The van der Waals surface area contributed by atoms with Gasteiger partial charge in [-0.15, -0.1) is 0 Å². The molecule has 0 atom stereocenters. The Balaban J connectivity index is 1.71. The molecule has 0 saturated carbocycles. The van der Waals surface area contributed by atoms with Crippen molar-refractivity contribution in [3.05, 3.63) is 119 Å². The molecule has 4 aromatic rings. The van der Waals surface area contributed by atoms with Gasteiger partial charge < -0.3 is 9.80 Å². The molecule has 0 spiro atoms. The first-order valence-electron chi connectivity index (χ1n) is 11.6. The van der Waals surface area contributed by atoms with E-state index in [0.29, 0.717) is 22.3 Å². The van der Waals surface area contributed by atoms with E-state index >= 15 is 0 Å². The van der Waals surface area contributed by atoms with Crippen molar-refractivity contribution in [3.8, 4) is 11.1 Å². The number of hydrogen-bond donors (Lipinski definition) is 0. The number of nitrogens with zero attached hydrogens (tertiary/aromatic N) is 2. The van der Waals surface area contributed by atoms with Crippen LogP contribution in [0.15, 0.2) is 97.1 Å². The molecule has 0 radical (unpaired) electrons. The Morgan fingerprint density at radius 2 is 1.14 bits per heavy atom. The molecule has 0 fully saturated rings. The van der Waals surface area contributed by atoms with Crippen molar-refractivity contribution >= 4 is 28.7 Å². The Bertz CT molecular complexity index is 1420. The van der Waals surface area contributed by atoms with Crippen molar-refractivity contribution in [1.29, 1.82) is 0 Å². The monoisotopic (exact) mass is 476 g/mol. The molecule has 0 aromatic heterocycles. The van der Waals surface area contributed by atoms with E-state index in [1.54, 1.807) is 48.5 Å². The third kappa shape index (κ3) is 5.10. The lowest BCUT2D eigenvalue weighted by molar-refractivity contribution is 0.0817. The van der Waals surface area contributed by atoms with E-state index in [4.69, 9.17) is 0 Å². The highest BCUT2D eigenvalue weighted by Crippen LogP contribution is 2.32. The zero-order valence-electron chi connectivity index (χ0n) is 20.9. The fourth-order valence-corrected chi connectivity index (χ4v) is 4.06. The van der Waals surface area contributed by atoms with Gasteiger partial charge in [0.15, 0.2) is 5.78 Å². The number of hydrogen-bond acceptors (Lipinski definition) is 5. The first-order chi connectivity index (χ1) is 17.3. The minimum Gasteiger partial charge on any atom is -0.378 e. The highest BCUT2D eigenvalue weighted by atomic mass is 16.2. The zero-order chi connectivity index (χ0) is 25.8. The van der Waals surface area contributed by atoms with Crippen molar-refractivity contribution in [2.75, 3.05) is 38.0 Å². The van der Waals surface area contributed by atoms with Crippen molar-refractivity contribution in [3.63, 3.8) is 0 Å². The second-order valence-electron chi connectivity index (χ2n) is 9.00. The molecule has 180 valence electrons. The molecule has 0 amide bonds. The predicted molar refractivity (Wildman–Crippen MR) is 146 cm³/mol. The Hall–Kier alpha value is -4.51. The molecule has 5 nitrogen and oxygen atoms in total. The second kappa shape index (κ2) is 10.4. The van der Waals surface area contributed by atoms with Gasteiger partial charge in [-0.3, -0.25) is 14.4 Å². The Morgan fingerprint density at radius 3 is 1.78 bits per heavy atom. The van der Waals surface area contributed by atoms with Crippen LogP contribution >= 0.6 is 0 Å². The van der Waals surface area contributed by atoms with Gasteiger partial charge >= 0.3 is 0 Å². The third-order valence-corrected chi connectivity index (χ3v) is 6.06. The van der Waals surface area contributed by atoms with Gasteiger partial charge in [0, 0.05) is 67.4 Å². The van der Waals surface area contributed by atoms with Crippen LogP contribution in [0.25, 0.3) is 11.1 Å². The first kappa shape index (κ1) is 24.6. The number of ketones is 3. The highest BCUT2D eigenvalue weighted by molar-refractivity contribution is 6.49. The summed E-state index contributed by atoms with van der Waals surface area (Å²) in [5, 5.41) is 0. The molecule has 0 aliphatic heterocycles. The molecular weight excluding hydrogens is 448 g/mol. The van der Waals surface area contributed by atoms with Gasteiger partial charge in [0.1, 0.15) is 0 Å². The minimum absolute atomic E-state index is 0.0849. The Morgan fingerprint density at radius 1 is 0.528 bits per heavy atom. The van der Waals surface area contributed by atoms with Crippen LogP contribution in [-0.2, 0) is 0 Å². The van der Waals surface area contributed by atoms with Crippen molar-refractivity contribution in [2.24, 2.45) is 0 Å². The fraction of sp³-hybridized carbons (Fsp3) is 0.129. The molecule has 0 unspecified atom stereocenters. The smallest absolute Gasteiger partial charge is 0.233 e. The molecule has 0 aliphatic carbocycles. The van der Waals surface area contributed by atoms with Crippen LogP contribution < -0.4 is 9.80 Å². The normalized spacial score (nSPS) is 10.6. The summed E-state index contributed by atoms with van der Waals surface area (Å²) in [6.45, 7) is 0.